The predicted molar refractivity (Wildman–Crippen MR) is 99.9 cm³/mol. The van der Waals surface area contributed by atoms with Crippen molar-refractivity contribution in [2.45, 2.75) is 9.92 Å². The molecule has 0 radical (unpaired) electrons. The number of hydrogen-bond acceptors (Lipinski definition) is 7. The van der Waals surface area contributed by atoms with E-state index in [2.05, 4.69) is 41.8 Å². The Morgan fingerprint density at radius 2 is 2.12 bits per heavy atom. The summed E-state index contributed by atoms with van der Waals surface area (Å²) in [6.07, 6.45) is 1.59. The van der Waals surface area contributed by atoms with Crippen LogP contribution in [0.2, 0.25) is 0 Å². The fourth-order valence-corrected chi connectivity index (χ4v) is 3.44. The van der Waals surface area contributed by atoms with Gasteiger partial charge in [-0.05, 0) is 46.1 Å². The molecule has 2 aromatic rings. The molecule has 0 fully saturated rings. The van der Waals surface area contributed by atoms with Crippen molar-refractivity contribution in [1.82, 2.24) is 9.97 Å². The van der Waals surface area contributed by atoms with Gasteiger partial charge in [0.2, 0.25) is 5.95 Å². The van der Waals surface area contributed by atoms with Gasteiger partial charge in [-0.1, -0.05) is 11.8 Å². The maximum absolute atomic E-state index is 11.7. The number of aromatic nitrogens is 2. The highest BCUT2D eigenvalue weighted by molar-refractivity contribution is 9.10. The van der Waals surface area contributed by atoms with E-state index in [0.29, 0.717) is 26.0 Å². The lowest BCUT2D eigenvalue weighted by atomic mass is 10.3. The number of hydrogen-bond donors (Lipinski definition) is 2. The zero-order chi connectivity index (χ0) is 17.7. The van der Waals surface area contributed by atoms with Crippen LogP contribution in [0.5, 0.6) is 0 Å². The monoisotopic (exact) mass is 430 g/mol. The second-order valence-corrected chi connectivity index (χ2v) is 8.33. The minimum Gasteiger partial charge on any atom is -0.468 e. The van der Waals surface area contributed by atoms with Crippen LogP contribution >= 0.6 is 27.7 Å². The van der Waals surface area contributed by atoms with Gasteiger partial charge >= 0.3 is 5.97 Å². The molecule has 0 aliphatic rings. The van der Waals surface area contributed by atoms with Gasteiger partial charge in [0.25, 0.3) is 0 Å². The Labute approximate surface area is 152 Å². The van der Waals surface area contributed by atoms with Gasteiger partial charge in [0.1, 0.15) is 5.03 Å². The Morgan fingerprint density at radius 3 is 2.71 bits per heavy atom. The quantitative estimate of drug-likeness (QED) is 0.313. The Morgan fingerprint density at radius 1 is 1.46 bits per heavy atom. The Balaban J connectivity index is 2.13. The summed E-state index contributed by atoms with van der Waals surface area (Å²) in [5, 5.41) is 9.12. The number of methoxy groups -OCH3 is 1. The largest absolute Gasteiger partial charge is 0.468 e. The summed E-state index contributed by atoms with van der Waals surface area (Å²) in [4.78, 5) is 20.2. The molecule has 2 rings (SSSR count). The molecule has 24 heavy (non-hydrogen) atoms. The number of halogens is 1. The molecule has 128 valence electrons. The lowest BCUT2D eigenvalue weighted by Gasteiger charge is -2.09. The molecular weight excluding hydrogens is 416 g/mol. The van der Waals surface area contributed by atoms with Gasteiger partial charge in [-0.2, -0.15) is 0 Å². The van der Waals surface area contributed by atoms with Crippen LogP contribution < -0.4 is 10.5 Å². The maximum atomic E-state index is 11.7. The van der Waals surface area contributed by atoms with Crippen molar-refractivity contribution in [2.24, 2.45) is 5.14 Å². The highest BCUT2D eigenvalue weighted by atomic mass is 79.9. The number of carbonyl (C=O) groups excluding carboxylic acids is 1. The summed E-state index contributed by atoms with van der Waals surface area (Å²) in [5.41, 5.74) is 0.702. The van der Waals surface area contributed by atoms with E-state index in [9.17, 15) is 9.00 Å². The molecule has 0 spiro atoms. The van der Waals surface area contributed by atoms with Crippen molar-refractivity contribution in [2.75, 3.05) is 18.2 Å². The van der Waals surface area contributed by atoms with Crippen molar-refractivity contribution in [3.05, 3.63) is 34.9 Å². The van der Waals surface area contributed by atoms with E-state index in [4.69, 9.17) is 5.14 Å². The number of benzene rings is 1. The highest BCUT2D eigenvalue weighted by Gasteiger charge is 2.10. The van der Waals surface area contributed by atoms with Crippen molar-refractivity contribution >= 4 is 60.9 Å². The molecule has 1 aromatic carbocycles. The minimum absolute atomic E-state index is 0.147. The molecular formula is C14H15BrN4O3S2. The van der Waals surface area contributed by atoms with Crippen LogP contribution in [0.1, 0.15) is 0 Å². The summed E-state index contributed by atoms with van der Waals surface area (Å²) in [6.45, 7) is 0. The number of thioether (sulfide) groups is 1. The average Bonchev–Trinajstić information content (AvgIpc) is 2.54. The van der Waals surface area contributed by atoms with Crippen molar-refractivity contribution < 1.29 is 13.7 Å². The standard InChI is InChI=1S/C14H15BrN4O3S2/c1-22-12(20)8-23-13-11(15)7-17-14(19-13)18-9-3-5-10(6-4-9)24(2,16)21/h3-7H,2,8H2,1H3,(H2,16,21)(H,17,18,19). The van der Waals surface area contributed by atoms with Crippen molar-refractivity contribution in [3.63, 3.8) is 0 Å². The van der Waals surface area contributed by atoms with Crippen molar-refractivity contribution in [3.8, 4) is 0 Å². The SMILES string of the molecule is C=S(N)(=O)c1ccc(Nc2ncc(Br)c(SCC(=O)OC)n2)cc1. The van der Waals surface area contributed by atoms with Crippen LogP contribution in [0.3, 0.4) is 0 Å². The molecule has 0 amide bonds. The van der Waals surface area contributed by atoms with E-state index in [1.165, 1.54) is 18.9 Å². The zero-order valence-electron chi connectivity index (χ0n) is 12.7. The second kappa shape index (κ2) is 7.97. The molecule has 1 heterocycles. The molecule has 0 aliphatic carbocycles. The summed E-state index contributed by atoms with van der Waals surface area (Å²) >= 11 is 4.58. The maximum Gasteiger partial charge on any atom is 0.316 e. The first-order chi connectivity index (χ1) is 11.3. The number of nitrogens with two attached hydrogens (primary N) is 1. The van der Waals surface area contributed by atoms with E-state index >= 15 is 0 Å². The van der Waals surface area contributed by atoms with Crippen LogP contribution in [-0.4, -0.2) is 38.9 Å². The third-order valence-electron chi connectivity index (χ3n) is 2.78. The van der Waals surface area contributed by atoms with Gasteiger partial charge < -0.3 is 10.1 Å². The fraction of sp³-hybridized carbons (Fsp3) is 0.143. The molecule has 3 N–H and O–H groups in total. The Bertz CT molecular complexity index is 842. The van der Waals surface area contributed by atoms with Gasteiger partial charge in [0.05, 0.1) is 27.0 Å². The average molecular weight is 431 g/mol. The molecule has 1 aromatic heterocycles. The van der Waals surface area contributed by atoms with Gasteiger partial charge in [-0.25, -0.2) is 14.2 Å². The van der Waals surface area contributed by atoms with Crippen LogP contribution in [0.25, 0.3) is 0 Å². The number of esters is 1. The summed E-state index contributed by atoms with van der Waals surface area (Å²) in [7, 11) is -1.40. The van der Waals surface area contributed by atoms with Gasteiger partial charge in [0, 0.05) is 16.8 Å². The van der Waals surface area contributed by atoms with Gasteiger partial charge in [-0.15, -0.1) is 0 Å². The molecule has 0 saturated carbocycles. The normalized spacial score (nSPS) is 13.1. The first-order valence-corrected chi connectivity index (χ1v) is 10.1. The number of nitrogens with zero attached hydrogens (tertiary/aromatic N) is 2. The zero-order valence-corrected chi connectivity index (χ0v) is 15.9. The smallest absolute Gasteiger partial charge is 0.316 e. The number of carbonyl (C=O) groups is 1. The van der Waals surface area contributed by atoms with E-state index in [-0.39, 0.29) is 11.7 Å². The van der Waals surface area contributed by atoms with E-state index in [1.54, 1.807) is 30.5 Å². The topological polar surface area (TPSA) is 107 Å². The third-order valence-corrected chi connectivity index (χ3v) is 5.65. The lowest BCUT2D eigenvalue weighted by Crippen LogP contribution is -2.11. The van der Waals surface area contributed by atoms with E-state index < -0.39 is 9.71 Å². The minimum atomic E-state index is -2.74. The fourth-order valence-electron chi connectivity index (χ4n) is 1.60. The molecule has 10 heteroatoms. The first kappa shape index (κ1) is 18.7. The molecule has 1 atom stereocenters. The van der Waals surface area contributed by atoms with E-state index in [1.807, 2.05) is 0 Å². The molecule has 7 nitrogen and oxygen atoms in total. The third kappa shape index (κ3) is 5.20. The van der Waals surface area contributed by atoms with Crippen LogP contribution in [0.4, 0.5) is 11.6 Å². The van der Waals surface area contributed by atoms with Gasteiger partial charge in [0.15, 0.2) is 0 Å². The number of anilines is 2. The van der Waals surface area contributed by atoms with E-state index in [0.717, 1.165) is 0 Å². The predicted octanol–water partition coefficient (Wildman–Crippen LogP) is 2.20. The summed E-state index contributed by atoms with van der Waals surface area (Å²) < 4.78 is 16.9. The molecule has 1 unspecified atom stereocenters. The number of rotatable bonds is 6. The van der Waals surface area contributed by atoms with Crippen LogP contribution in [-0.2, 0) is 19.2 Å². The van der Waals surface area contributed by atoms with Crippen LogP contribution in [0.15, 0.2) is 44.9 Å². The summed E-state index contributed by atoms with van der Waals surface area (Å²) in [5.74, 6) is 3.60. The molecule has 0 aliphatic heterocycles. The van der Waals surface area contributed by atoms with Crippen molar-refractivity contribution in [1.29, 1.82) is 0 Å². The Hall–Kier alpha value is -1.62. The number of ether oxygens (including phenoxy) is 1. The molecule has 0 bridgehead atoms. The number of nitrogens with one attached hydrogen (secondary N) is 1. The first-order valence-electron chi connectivity index (χ1n) is 6.54. The molecule has 0 saturated heterocycles. The highest BCUT2D eigenvalue weighted by Crippen LogP contribution is 2.26. The summed E-state index contributed by atoms with van der Waals surface area (Å²) in [6, 6.07) is 6.67. The lowest BCUT2D eigenvalue weighted by molar-refractivity contribution is -0.137. The van der Waals surface area contributed by atoms with Gasteiger partial charge in [-0.3, -0.25) is 9.93 Å². The Kier molecular flexibility index (Phi) is 6.21. The second-order valence-electron chi connectivity index (χ2n) is 4.59. The van der Waals surface area contributed by atoms with Crippen LogP contribution in [0, 0.1) is 0 Å².